The number of sulfone groups is 1. The predicted octanol–water partition coefficient (Wildman–Crippen LogP) is -0.0637. The number of anilines is 1. The van der Waals surface area contributed by atoms with Crippen LogP contribution in [0.4, 0.5) is 5.82 Å². The highest BCUT2D eigenvalue weighted by atomic mass is 32.2. The number of hydrogen-bond acceptors (Lipinski definition) is 6. The molecule has 3 N–H and O–H groups in total. The molecule has 1 aromatic rings. The van der Waals surface area contributed by atoms with Gasteiger partial charge in [0.05, 0.1) is 11.5 Å². The lowest BCUT2D eigenvalue weighted by Gasteiger charge is -2.20. The van der Waals surface area contributed by atoms with E-state index in [0.29, 0.717) is 30.0 Å². The summed E-state index contributed by atoms with van der Waals surface area (Å²) in [6, 6.07) is 3.23. The lowest BCUT2D eigenvalue weighted by Crippen LogP contribution is -2.33. The van der Waals surface area contributed by atoms with Gasteiger partial charge < -0.3 is 10.3 Å². The Morgan fingerprint density at radius 3 is 2.80 bits per heavy atom. The third kappa shape index (κ3) is 3.45. The first kappa shape index (κ1) is 14.7. The second kappa shape index (κ2) is 5.76. The zero-order valence-electron chi connectivity index (χ0n) is 11.3. The molecule has 0 unspecified atom stereocenters. The van der Waals surface area contributed by atoms with Crippen LogP contribution in [0.25, 0.3) is 0 Å². The van der Waals surface area contributed by atoms with E-state index in [1.807, 2.05) is 0 Å². The fourth-order valence-corrected chi connectivity index (χ4v) is 3.46. The van der Waals surface area contributed by atoms with Crippen molar-refractivity contribution in [3.05, 3.63) is 23.4 Å². The summed E-state index contributed by atoms with van der Waals surface area (Å²) in [4.78, 5) is 18.1. The number of carbonyl (C=O) groups is 1. The van der Waals surface area contributed by atoms with E-state index in [4.69, 9.17) is 5.84 Å². The number of nitrogens with one attached hydrogen (secondary N) is 1. The molecule has 1 amide bonds. The molecular weight excluding hydrogens is 280 g/mol. The van der Waals surface area contributed by atoms with Crippen molar-refractivity contribution in [2.75, 3.05) is 30.0 Å². The quantitative estimate of drug-likeness (QED) is 0.585. The number of carbonyl (C=O) groups excluding carboxylic acids is 1. The van der Waals surface area contributed by atoms with Crippen molar-refractivity contribution in [3.63, 3.8) is 0 Å². The molecule has 0 atom stereocenters. The van der Waals surface area contributed by atoms with Crippen molar-refractivity contribution in [2.45, 2.75) is 13.3 Å². The summed E-state index contributed by atoms with van der Waals surface area (Å²) in [7, 11) is -3.03. The molecule has 0 bridgehead atoms. The van der Waals surface area contributed by atoms with Gasteiger partial charge >= 0.3 is 0 Å². The molecule has 0 spiro atoms. The van der Waals surface area contributed by atoms with Gasteiger partial charge in [0.15, 0.2) is 9.84 Å². The van der Waals surface area contributed by atoms with Crippen molar-refractivity contribution in [1.82, 2.24) is 9.88 Å². The summed E-state index contributed by atoms with van der Waals surface area (Å²) in [5, 5.41) is 0. The van der Waals surface area contributed by atoms with E-state index in [1.54, 1.807) is 24.0 Å². The fraction of sp³-hybridized carbons (Fsp3) is 0.500. The predicted molar refractivity (Wildman–Crippen MR) is 76.0 cm³/mol. The fourth-order valence-electron chi connectivity index (χ4n) is 2.19. The Labute approximate surface area is 118 Å². The first-order valence-corrected chi connectivity index (χ1v) is 8.18. The number of nitrogens with zero attached hydrogens (tertiary/aromatic N) is 2. The number of nitrogens with two attached hydrogens (primary N) is 1. The van der Waals surface area contributed by atoms with Gasteiger partial charge in [-0.2, -0.15) is 0 Å². The summed E-state index contributed by atoms with van der Waals surface area (Å²) in [5.41, 5.74) is 3.55. The van der Waals surface area contributed by atoms with Gasteiger partial charge in [0, 0.05) is 24.3 Å². The van der Waals surface area contributed by atoms with E-state index in [1.165, 1.54) is 0 Å². The molecule has 0 saturated carbocycles. The Balaban J connectivity index is 2.21. The molecule has 0 aromatic carbocycles. The van der Waals surface area contributed by atoms with Crippen LogP contribution in [0.3, 0.4) is 0 Å². The Kier molecular flexibility index (Phi) is 4.24. The standard InChI is InChI=1S/C12H18N4O3S/c1-9-7-10(8-11(14-9)15-13)12(17)16-3-2-5-20(18,19)6-4-16/h7-8H,2-6,13H2,1H3,(H,14,15). The van der Waals surface area contributed by atoms with Gasteiger partial charge in [0.1, 0.15) is 5.82 Å². The summed E-state index contributed by atoms with van der Waals surface area (Å²) < 4.78 is 23.1. The van der Waals surface area contributed by atoms with Crippen LogP contribution in [0.2, 0.25) is 0 Å². The molecule has 7 nitrogen and oxygen atoms in total. The third-order valence-electron chi connectivity index (χ3n) is 3.19. The highest BCUT2D eigenvalue weighted by Crippen LogP contribution is 2.14. The first-order valence-electron chi connectivity index (χ1n) is 6.36. The zero-order chi connectivity index (χ0) is 14.8. The maximum atomic E-state index is 12.4. The molecule has 1 fully saturated rings. The van der Waals surface area contributed by atoms with Crippen LogP contribution >= 0.6 is 0 Å². The highest BCUT2D eigenvalue weighted by Gasteiger charge is 2.23. The number of nitrogen functional groups attached to an aromatic ring is 1. The number of hydrazine groups is 1. The van der Waals surface area contributed by atoms with Gasteiger partial charge in [-0.05, 0) is 25.5 Å². The molecular formula is C12H18N4O3S. The molecule has 2 rings (SSSR count). The number of hydrogen-bond donors (Lipinski definition) is 2. The first-order chi connectivity index (χ1) is 9.41. The van der Waals surface area contributed by atoms with E-state index in [9.17, 15) is 13.2 Å². The number of aromatic nitrogens is 1. The summed E-state index contributed by atoms with van der Waals surface area (Å²) in [6.07, 6.45) is 0.472. The molecule has 1 saturated heterocycles. The molecule has 110 valence electrons. The van der Waals surface area contributed by atoms with Crippen molar-refractivity contribution >= 4 is 21.6 Å². The maximum absolute atomic E-state index is 12.4. The van der Waals surface area contributed by atoms with Gasteiger partial charge in [-0.1, -0.05) is 0 Å². The van der Waals surface area contributed by atoms with Crippen LogP contribution in [-0.2, 0) is 9.84 Å². The monoisotopic (exact) mass is 298 g/mol. The molecule has 1 aliphatic rings. The minimum atomic E-state index is -3.03. The SMILES string of the molecule is Cc1cc(C(=O)N2CCCS(=O)(=O)CC2)cc(NN)n1. The Bertz CT molecular complexity index is 615. The summed E-state index contributed by atoms with van der Waals surface area (Å²) in [6.45, 7) is 2.45. The lowest BCUT2D eigenvalue weighted by molar-refractivity contribution is 0.0768. The van der Waals surface area contributed by atoms with Crippen molar-refractivity contribution < 1.29 is 13.2 Å². The second-order valence-electron chi connectivity index (χ2n) is 4.82. The molecule has 0 aliphatic carbocycles. The summed E-state index contributed by atoms with van der Waals surface area (Å²) in [5.74, 6) is 5.69. The highest BCUT2D eigenvalue weighted by molar-refractivity contribution is 7.91. The van der Waals surface area contributed by atoms with E-state index >= 15 is 0 Å². The molecule has 2 heterocycles. The second-order valence-corrected chi connectivity index (χ2v) is 7.13. The van der Waals surface area contributed by atoms with Gasteiger partial charge in [0.2, 0.25) is 0 Å². The topological polar surface area (TPSA) is 105 Å². The van der Waals surface area contributed by atoms with Crippen LogP contribution in [0.1, 0.15) is 22.5 Å². The third-order valence-corrected chi connectivity index (χ3v) is 4.91. The average molecular weight is 298 g/mol. The molecule has 1 aliphatic heterocycles. The number of amides is 1. The van der Waals surface area contributed by atoms with Gasteiger partial charge in [-0.3, -0.25) is 4.79 Å². The van der Waals surface area contributed by atoms with Crippen LogP contribution in [0.5, 0.6) is 0 Å². The zero-order valence-corrected chi connectivity index (χ0v) is 12.1. The van der Waals surface area contributed by atoms with E-state index in [2.05, 4.69) is 10.4 Å². The minimum absolute atomic E-state index is 0.0187. The van der Waals surface area contributed by atoms with Gasteiger partial charge in [-0.25, -0.2) is 19.2 Å². The number of aryl methyl sites for hydroxylation is 1. The Hall–Kier alpha value is -1.67. The molecule has 20 heavy (non-hydrogen) atoms. The number of pyridine rings is 1. The van der Waals surface area contributed by atoms with Gasteiger partial charge in [-0.15, -0.1) is 0 Å². The molecule has 8 heteroatoms. The van der Waals surface area contributed by atoms with E-state index in [-0.39, 0.29) is 24.0 Å². The van der Waals surface area contributed by atoms with Gasteiger partial charge in [0.25, 0.3) is 5.91 Å². The smallest absolute Gasteiger partial charge is 0.254 e. The van der Waals surface area contributed by atoms with Crippen LogP contribution in [0, 0.1) is 6.92 Å². The van der Waals surface area contributed by atoms with E-state index < -0.39 is 9.84 Å². The lowest BCUT2D eigenvalue weighted by atomic mass is 10.2. The van der Waals surface area contributed by atoms with Crippen LogP contribution in [0.15, 0.2) is 12.1 Å². The summed E-state index contributed by atoms with van der Waals surface area (Å²) >= 11 is 0. The molecule has 0 radical (unpaired) electrons. The largest absolute Gasteiger partial charge is 0.338 e. The Morgan fingerprint density at radius 1 is 1.35 bits per heavy atom. The number of rotatable bonds is 2. The van der Waals surface area contributed by atoms with Crippen LogP contribution in [-0.4, -0.2) is 48.8 Å². The van der Waals surface area contributed by atoms with Crippen molar-refractivity contribution in [2.24, 2.45) is 5.84 Å². The minimum Gasteiger partial charge on any atom is -0.338 e. The van der Waals surface area contributed by atoms with Crippen molar-refractivity contribution in [3.8, 4) is 0 Å². The van der Waals surface area contributed by atoms with Crippen molar-refractivity contribution in [1.29, 1.82) is 0 Å². The average Bonchev–Trinajstić information content (AvgIpc) is 2.58. The Morgan fingerprint density at radius 2 is 2.10 bits per heavy atom. The normalized spacial score (nSPS) is 18.4. The van der Waals surface area contributed by atoms with E-state index in [0.717, 1.165) is 0 Å². The van der Waals surface area contributed by atoms with Crippen LogP contribution < -0.4 is 11.3 Å². The molecule has 1 aromatic heterocycles. The maximum Gasteiger partial charge on any atom is 0.254 e.